The number of methoxy groups -OCH3 is 1. The smallest absolute Gasteiger partial charge is 0.294 e. The molecule has 0 saturated carbocycles. The van der Waals surface area contributed by atoms with Gasteiger partial charge < -0.3 is 15.2 Å². The number of phenols is 1. The van der Waals surface area contributed by atoms with Crippen molar-refractivity contribution in [1.29, 1.82) is 0 Å². The van der Waals surface area contributed by atoms with E-state index < -0.39 is 6.04 Å². The van der Waals surface area contributed by atoms with Crippen molar-refractivity contribution < 1.29 is 24.0 Å². The molecule has 4 rings (SSSR count). The van der Waals surface area contributed by atoms with Crippen molar-refractivity contribution >= 4 is 23.2 Å². The van der Waals surface area contributed by atoms with Gasteiger partial charge in [-0.15, -0.1) is 0 Å². The number of aromatic hydroxyl groups is 1. The Balaban J connectivity index is 1.75. The van der Waals surface area contributed by atoms with Gasteiger partial charge in [-0.2, -0.15) is 4.57 Å². The number of rotatable bonds is 4. The van der Waals surface area contributed by atoms with Crippen LogP contribution >= 0.6 is 0 Å². The third-order valence-electron chi connectivity index (χ3n) is 4.84. The predicted octanol–water partition coefficient (Wildman–Crippen LogP) is 2.41. The molecule has 2 N–H and O–H groups in total. The van der Waals surface area contributed by atoms with Gasteiger partial charge in [-0.1, -0.05) is 18.2 Å². The van der Waals surface area contributed by atoms with Crippen LogP contribution < -0.4 is 19.5 Å². The van der Waals surface area contributed by atoms with E-state index in [9.17, 15) is 14.7 Å². The lowest BCUT2D eigenvalue weighted by Crippen LogP contribution is -2.58. The molecular formula is C22H20N3O4+. The third-order valence-corrected chi connectivity index (χ3v) is 4.84. The largest absolute Gasteiger partial charge is 0.506 e. The molecule has 1 aromatic heterocycles. The first-order chi connectivity index (χ1) is 14.1. The summed E-state index contributed by atoms with van der Waals surface area (Å²) in [6.45, 7) is 0.0802. The third kappa shape index (κ3) is 3.50. The van der Waals surface area contributed by atoms with E-state index in [2.05, 4.69) is 5.32 Å². The number of amides is 2. The van der Waals surface area contributed by atoms with Crippen molar-refractivity contribution in [1.82, 2.24) is 0 Å². The number of benzene rings is 2. The van der Waals surface area contributed by atoms with Crippen molar-refractivity contribution in [3.05, 3.63) is 78.6 Å². The molecule has 7 heteroatoms. The van der Waals surface area contributed by atoms with Crippen LogP contribution in [0.25, 0.3) is 0 Å². The first-order valence-electron chi connectivity index (χ1n) is 9.12. The number of anilines is 2. The van der Waals surface area contributed by atoms with Gasteiger partial charge in [0.2, 0.25) is 18.3 Å². The van der Waals surface area contributed by atoms with E-state index in [1.807, 2.05) is 12.1 Å². The van der Waals surface area contributed by atoms with E-state index in [4.69, 9.17) is 4.74 Å². The number of phenolic OH excluding ortho intramolecular Hbond substituents is 1. The van der Waals surface area contributed by atoms with E-state index in [0.717, 1.165) is 0 Å². The Labute approximate surface area is 167 Å². The highest BCUT2D eigenvalue weighted by molar-refractivity contribution is 6.06. The van der Waals surface area contributed by atoms with Crippen molar-refractivity contribution in [2.75, 3.05) is 17.3 Å². The molecule has 0 radical (unpaired) electrons. The summed E-state index contributed by atoms with van der Waals surface area (Å²) in [6.07, 6.45) is 1.77. The zero-order valence-corrected chi connectivity index (χ0v) is 15.8. The number of para-hydroxylation sites is 2. The Kier molecular flexibility index (Phi) is 4.87. The van der Waals surface area contributed by atoms with Crippen LogP contribution in [0, 0.1) is 0 Å². The molecule has 1 aliphatic heterocycles. The summed E-state index contributed by atoms with van der Waals surface area (Å²) in [4.78, 5) is 27.6. The topological polar surface area (TPSA) is 82.8 Å². The average molecular weight is 390 g/mol. The quantitative estimate of drug-likeness (QED) is 0.671. The predicted molar refractivity (Wildman–Crippen MR) is 107 cm³/mol. The van der Waals surface area contributed by atoms with Crippen LogP contribution in [0.2, 0.25) is 0 Å². The van der Waals surface area contributed by atoms with Gasteiger partial charge in [0.25, 0.3) is 11.8 Å². The van der Waals surface area contributed by atoms with E-state index in [1.54, 1.807) is 66.4 Å². The lowest BCUT2D eigenvalue weighted by Gasteiger charge is -2.32. The molecule has 0 aliphatic carbocycles. The summed E-state index contributed by atoms with van der Waals surface area (Å²) >= 11 is 0. The van der Waals surface area contributed by atoms with Crippen LogP contribution in [0.4, 0.5) is 11.4 Å². The zero-order chi connectivity index (χ0) is 20.4. The van der Waals surface area contributed by atoms with Gasteiger partial charge in [0.15, 0.2) is 6.20 Å². The normalized spacial score (nSPS) is 15.6. The number of nitrogens with zero attached hydrogens (tertiary/aromatic N) is 2. The van der Waals surface area contributed by atoms with Crippen LogP contribution in [0.1, 0.15) is 11.7 Å². The number of hydrogen-bond donors (Lipinski definition) is 2. The Hall–Kier alpha value is -3.87. The number of aromatic nitrogens is 1. The monoisotopic (exact) mass is 390 g/mol. The number of carbonyl (C=O) groups is 2. The fourth-order valence-corrected chi connectivity index (χ4v) is 3.46. The summed E-state index contributed by atoms with van der Waals surface area (Å²) in [5, 5.41) is 13.2. The first kappa shape index (κ1) is 18.5. The minimum absolute atomic E-state index is 0.0625. The number of fused-ring (bicyclic) bond motifs is 1. The number of nitrogens with one attached hydrogen (secondary N) is 1. The van der Waals surface area contributed by atoms with Crippen molar-refractivity contribution in [2.45, 2.75) is 12.6 Å². The summed E-state index contributed by atoms with van der Waals surface area (Å²) in [5.74, 6) is -0.0587. The maximum absolute atomic E-state index is 13.3. The first-order valence-corrected chi connectivity index (χ1v) is 9.12. The molecule has 1 atom stereocenters. The number of ether oxygens (including phenoxy) is 1. The molecule has 146 valence electrons. The summed E-state index contributed by atoms with van der Waals surface area (Å²) < 4.78 is 6.89. The second-order valence-corrected chi connectivity index (χ2v) is 6.63. The SMILES string of the molecule is COc1ccc(NC(=O)[C@@H]2c3cccc[n+]3CC(=O)N2c2ccccc2O)cc1. The molecule has 2 amide bonds. The standard InChI is InChI=1S/C22H19N3O4/c1-29-16-11-9-15(10-12-16)23-22(28)21-18-7-4-5-13-24(18)14-20(27)25(21)17-6-2-3-8-19(17)26/h2-13,21H,14H2,1H3,(H-,23,26,28)/p+1/t21-/m0/s1. The van der Waals surface area contributed by atoms with Gasteiger partial charge in [-0.3, -0.25) is 14.5 Å². The highest BCUT2D eigenvalue weighted by atomic mass is 16.5. The maximum Gasteiger partial charge on any atom is 0.294 e. The van der Waals surface area contributed by atoms with E-state index in [-0.39, 0.29) is 24.1 Å². The molecule has 1 aliphatic rings. The average Bonchev–Trinajstić information content (AvgIpc) is 2.74. The zero-order valence-electron chi connectivity index (χ0n) is 15.8. The molecule has 29 heavy (non-hydrogen) atoms. The Bertz CT molecular complexity index is 1070. The molecule has 0 bridgehead atoms. The second-order valence-electron chi connectivity index (χ2n) is 6.63. The molecule has 3 aromatic rings. The summed E-state index contributed by atoms with van der Waals surface area (Å²) in [5.41, 5.74) is 1.53. The molecule has 0 saturated heterocycles. The van der Waals surface area contributed by atoms with Crippen LogP contribution in [-0.4, -0.2) is 24.0 Å². The second kappa shape index (κ2) is 7.63. The van der Waals surface area contributed by atoms with Crippen LogP contribution in [0.15, 0.2) is 72.9 Å². The van der Waals surface area contributed by atoms with E-state index in [1.165, 1.54) is 11.0 Å². The maximum atomic E-state index is 13.3. The minimum Gasteiger partial charge on any atom is -0.506 e. The van der Waals surface area contributed by atoms with Gasteiger partial charge in [-0.05, 0) is 36.4 Å². The Morgan fingerprint density at radius 2 is 1.83 bits per heavy atom. The molecule has 0 fully saturated rings. The lowest BCUT2D eigenvalue weighted by atomic mass is 10.0. The van der Waals surface area contributed by atoms with Crippen molar-refractivity contribution in [3.8, 4) is 11.5 Å². The Morgan fingerprint density at radius 3 is 2.55 bits per heavy atom. The van der Waals surface area contributed by atoms with E-state index >= 15 is 0 Å². The highest BCUT2D eigenvalue weighted by Crippen LogP contribution is 2.35. The molecule has 0 spiro atoms. The van der Waals surface area contributed by atoms with Crippen LogP contribution in [0.5, 0.6) is 11.5 Å². The molecule has 7 nitrogen and oxygen atoms in total. The fourth-order valence-electron chi connectivity index (χ4n) is 3.46. The van der Waals surface area contributed by atoms with Crippen molar-refractivity contribution in [2.24, 2.45) is 0 Å². The lowest BCUT2D eigenvalue weighted by molar-refractivity contribution is -0.695. The van der Waals surface area contributed by atoms with E-state index in [0.29, 0.717) is 22.8 Å². The van der Waals surface area contributed by atoms with Crippen LogP contribution in [-0.2, 0) is 16.1 Å². The number of pyridine rings is 1. The number of hydrogen-bond acceptors (Lipinski definition) is 4. The van der Waals surface area contributed by atoms with Gasteiger partial charge in [0.1, 0.15) is 11.5 Å². The fraction of sp³-hybridized carbons (Fsp3) is 0.136. The van der Waals surface area contributed by atoms with Crippen LogP contribution in [0.3, 0.4) is 0 Å². The number of carbonyl (C=O) groups excluding carboxylic acids is 2. The molecule has 0 unspecified atom stereocenters. The van der Waals surface area contributed by atoms with Crippen molar-refractivity contribution in [3.63, 3.8) is 0 Å². The highest BCUT2D eigenvalue weighted by Gasteiger charge is 2.44. The van der Waals surface area contributed by atoms with Gasteiger partial charge in [0, 0.05) is 17.8 Å². The Morgan fingerprint density at radius 1 is 1.10 bits per heavy atom. The summed E-state index contributed by atoms with van der Waals surface area (Å²) in [7, 11) is 1.57. The van der Waals surface area contributed by atoms with Gasteiger partial charge in [-0.25, -0.2) is 0 Å². The molecule has 2 heterocycles. The molecular weight excluding hydrogens is 370 g/mol. The van der Waals surface area contributed by atoms with Gasteiger partial charge in [0.05, 0.1) is 12.8 Å². The van der Waals surface area contributed by atoms with Gasteiger partial charge >= 0.3 is 0 Å². The summed E-state index contributed by atoms with van der Waals surface area (Å²) in [6, 6.07) is 17.9. The molecule has 2 aromatic carbocycles. The minimum atomic E-state index is -0.937.